The highest BCUT2D eigenvalue weighted by Crippen LogP contribution is 2.02. The first-order chi connectivity index (χ1) is 8.04. The highest BCUT2D eigenvalue weighted by molar-refractivity contribution is 9.10. The van der Waals surface area contributed by atoms with Crippen molar-refractivity contribution in [3.8, 4) is 0 Å². The molecule has 1 heterocycles. The first-order valence-corrected chi connectivity index (χ1v) is 5.89. The van der Waals surface area contributed by atoms with Crippen molar-refractivity contribution < 1.29 is 14.3 Å². The van der Waals surface area contributed by atoms with E-state index in [-0.39, 0.29) is 12.5 Å². The summed E-state index contributed by atoms with van der Waals surface area (Å²) in [6.45, 7) is 2.01. The number of esters is 1. The van der Waals surface area contributed by atoms with Gasteiger partial charge in [-0.05, 0) is 19.1 Å². The molecule has 17 heavy (non-hydrogen) atoms. The average Bonchev–Trinajstić information content (AvgIpc) is 2.35. The SMILES string of the molecule is COC(=O)C(Br)CNC(=O)c1ccc(C)nc1. The Balaban J connectivity index is 2.50. The van der Waals surface area contributed by atoms with E-state index in [2.05, 4.69) is 31.0 Å². The standard InChI is InChI=1S/C11H13BrN2O3/c1-7-3-4-8(5-13-7)10(15)14-6-9(12)11(16)17-2/h3-5,9H,6H2,1-2H3,(H,14,15). The van der Waals surface area contributed by atoms with Crippen LogP contribution < -0.4 is 5.32 Å². The number of methoxy groups -OCH3 is 1. The predicted molar refractivity (Wildman–Crippen MR) is 66.0 cm³/mol. The molecule has 6 heteroatoms. The third kappa shape index (κ3) is 4.14. The fourth-order valence-corrected chi connectivity index (χ4v) is 1.45. The van der Waals surface area contributed by atoms with E-state index < -0.39 is 10.8 Å². The number of carbonyl (C=O) groups excluding carboxylic acids is 2. The van der Waals surface area contributed by atoms with E-state index in [0.717, 1.165) is 5.69 Å². The van der Waals surface area contributed by atoms with Gasteiger partial charge in [-0.25, -0.2) is 0 Å². The van der Waals surface area contributed by atoms with E-state index in [1.807, 2.05) is 6.92 Å². The minimum absolute atomic E-state index is 0.166. The summed E-state index contributed by atoms with van der Waals surface area (Å²) in [7, 11) is 1.29. The summed E-state index contributed by atoms with van der Waals surface area (Å²) in [5.41, 5.74) is 1.30. The van der Waals surface area contributed by atoms with E-state index >= 15 is 0 Å². The molecule has 0 aliphatic carbocycles. The van der Waals surface area contributed by atoms with Gasteiger partial charge in [0.05, 0.1) is 12.7 Å². The van der Waals surface area contributed by atoms with E-state index in [1.165, 1.54) is 13.3 Å². The summed E-state index contributed by atoms with van der Waals surface area (Å²) in [5, 5.41) is 2.61. The van der Waals surface area contributed by atoms with Crippen molar-refractivity contribution in [2.24, 2.45) is 0 Å². The van der Waals surface area contributed by atoms with Crippen molar-refractivity contribution in [3.05, 3.63) is 29.6 Å². The minimum Gasteiger partial charge on any atom is -0.468 e. The maximum Gasteiger partial charge on any atom is 0.321 e. The monoisotopic (exact) mass is 300 g/mol. The zero-order chi connectivity index (χ0) is 12.8. The van der Waals surface area contributed by atoms with Crippen molar-refractivity contribution in [1.29, 1.82) is 0 Å². The lowest BCUT2D eigenvalue weighted by Gasteiger charge is -2.09. The summed E-state index contributed by atoms with van der Waals surface area (Å²) in [6.07, 6.45) is 1.49. The molecule has 0 aromatic carbocycles. The quantitative estimate of drug-likeness (QED) is 0.667. The Morgan fingerprint density at radius 3 is 2.76 bits per heavy atom. The van der Waals surface area contributed by atoms with Crippen molar-refractivity contribution in [2.45, 2.75) is 11.8 Å². The van der Waals surface area contributed by atoms with Crippen LogP contribution in [0, 0.1) is 6.92 Å². The predicted octanol–water partition coefficient (Wildman–Crippen LogP) is 1.06. The molecule has 1 aromatic heterocycles. The summed E-state index contributed by atoms with van der Waals surface area (Å²) in [5.74, 6) is -0.696. The lowest BCUT2D eigenvalue weighted by molar-refractivity contribution is -0.139. The number of aromatic nitrogens is 1. The van der Waals surface area contributed by atoms with Gasteiger partial charge in [0.2, 0.25) is 0 Å². The van der Waals surface area contributed by atoms with Crippen LogP contribution in [0.2, 0.25) is 0 Å². The Bertz CT molecular complexity index is 406. The number of aryl methyl sites for hydroxylation is 1. The molecule has 5 nitrogen and oxygen atoms in total. The third-order valence-electron chi connectivity index (χ3n) is 2.07. The van der Waals surface area contributed by atoms with E-state index in [4.69, 9.17) is 0 Å². The van der Waals surface area contributed by atoms with Crippen LogP contribution in [0.4, 0.5) is 0 Å². The molecule has 0 saturated carbocycles. The van der Waals surface area contributed by atoms with Crippen molar-refractivity contribution in [2.75, 3.05) is 13.7 Å². The number of nitrogens with zero attached hydrogens (tertiary/aromatic N) is 1. The number of alkyl halides is 1. The normalized spacial score (nSPS) is 11.7. The van der Waals surface area contributed by atoms with Gasteiger partial charge in [0.15, 0.2) is 0 Å². The minimum atomic E-state index is -0.546. The second-order valence-electron chi connectivity index (χ2n) is 3.39. The van der Waals surface area contributed by atoms with Crippen LogP contribution in [-0.2, 0) is 9.53 Å². The van der Waals surface area contributed by atoms with Crippen LogP contribution in [0.25, 0.3) is 0 Å². The van der Waals surface area contributed by atoms with Gasteiger partial charge in [-0.15, -0.1) is 0 Å². The molecule has 1 aromatic rings. The molecule has 1 atom stereocenters. The van der Waals surface area contributed by atoms with Crippen LogP contribution in [0.5, 0.6) is 0 Å². The number of carbonyl (C=O) groups is 2. The van der Waals surface area contributed by atoms with Gasteiger partial charge in [0, 0.05) is 18.4 Å². The Hall–Kier alpha value is -1.43. The lowest BCUT2D eigenvalue weighted by atomic mass is 10.2. The van der Waals surface area contributed by atoms with E-state index in [1.54, 1.807) is 12.1 Å². The molecular weight excluding hydrogens is 288 g/mol. The molecule has 0 saturated heterocycles. The van der Waals surface area contributed by atoms with Crippen LogP contribution in [0.15, 0.2) is 18.3 Å². The molecule has 92 valence electrons. The molecule has 0 fully saturated rings. The van der Waals surface area contributed by atoms with Gasteiger partial charge < -0.3 is 10.1 Å². The second-order valence-corrected chi connectivity index (χ2v) is 4.49. The average molecular weight is 301 g/mol. The number of hydrogen-bond acceptors (Lipinski definition) is 4. The molecular formula is C11H13BrN2O3. The van der Waals surface area contributed by atoms with Crippen LogP contribution in [-0.4, -0.2) is 35.3 Å². The van der Waals surface area contributed by atoms with Crippen LogP contribution in [0.1, 0.15) is 16.1 Å². The zero-order valence-corrected chi connectivity index (χ0v) is 11.2. The number of rotatable bonds is 4. The Labute approximate surface area is 108 Å². The first-order valence-electron chi connectivity index (χ1n) is 4.97. The summed E-state index contributed by atoms with van der Waals surface area (Å²) >= 11 is 3.11. The van der Waals surface area contributed by atoms with Crippen LogP contribution >= 0.6 is 15.9 Å². The molecule has 1 unspecified atom stereocenters. The molecule has 0 bridgehead atoms. The number of halogens is 1. The van der Waals surface area contributed by atoms with E-state index in [0.29, 0.717) is 5.56 Å². The maximum atomic E-state index is 11.6. The van der Waals surface area contributed by atoms with Crippen molar-refractivity contribution >= 4 is 27.8 Å². The van der Waals surface area contributed by atoms with Gasteiger partial charge >= 0.3 is 5.97 Å². The molecule has 1 N–H and O–H groups in total. The summed E-state index contributed by atoms with van der Waals surface area (Å²) in [6, 6.07) is 3.43. The maximum absolute atomic E-state index is 11.6. The highest BCUT2D eigenvalue weighted by Gasteiger charge is 2.16. The fourth-order valence-electron chi connectivity index (χ4n) is 1.10. The van der Waals surface area contributed by atoms with Gasteiger partial charge in [-0.2, -0.15) is 0 Å². The van der Waals surface area contributed by atoms with Gasteiger partial charge in [-0.3, -0.25) is 14.6 Å². The smallest absolute Gasteiger partial charge is 0.321 e. The Morgan fingerprint density at radius 1 is 1.53 bits per heavy atom. The zero-order valence-electron chi connectivity index (χ0n) is 9.57. The van der Waals surface area contributed by atoms with Gasteiger partial charge in [-0.1, -0.05) is 15.9 Å². The first kappa shape index (κ1) is 13.6. The number of ether oxygens (including phenoxy) is 1. The van der Waals surface area contributed by atoms with Crippen molar-refractivity contribution in [3.63, 3.8) is 0 Å². The number of amides is 1. The molecule has 0 aliphatic heterocycles. The largest absolute Gasteiger partial charge is 0.468 e. The van der Waals surface area contributed by atoms with Gasteiger partial charge in [0.1, 0.15) is 4.83 Å². The molecule has 0 aliphatic rings. The van der Waals surface area contributed by atoms with Crippen molar-refractivity contribution in [1.82, 2.24) is 10.3 Å². The molecule has 0 spiro atoms. The third-order valence-corrected chi connectivity index (χ3v) is 2.77. The van der Waals surface area contributed by atoms with Crippen LogP contribution in [0.3, 0.4) is 0 Å². The second kappa shape index (κ2) is 6.34. The highest BCUT2D eigenvalue weighted by atomic mass is 79.9. The lowest BCUT2D eigenvalue weighted by Crippen LogP contribution is -2.33. The summed E-state index contributed by atoms with van der Waals surface area (Å²) in [4.78, 5) is 26.2. The number of pyridine rings is 1. The van der Waals surface area contributed by atoms with Gasteiger partial charge in [0.25, 0.3) is 5.91 Å². The fraction of sp³-hybridized carbons (Fsp3) is 0.364. The molecule has 1 amide bonds. The topological polar surface area (TPSA) is 68.3 Å². The molecule has 0 radical (unpaired) electrons. The Kier molecular flexibility index (Phi) is 5.09. The number of nitrogens with one attached hydrogen (secondary N) is 1. The summed E-state index contributed by atoms with van der Waals surface area (Å²) < 4.78 is 4.52. The van der Waals surface area contributed by atoms with E-state index in [9.17, 15) is 9.59 Å². The number of hydrogen-bond donors (Lipinski definition) is 1. The Morgan fingerprint density at radius 2 is 2.24 bits per heavy atom. The molecule has 1 rings (SSSR count).